The molecule has 0 saturated carbocycles. The molecule has 0 radical (unpaired) electrons. The van der Waals surface area contributed by atoms with E-state index in [9.17, 15) is 13.2 Å². The SMILES string of the molecule is O=C(Nc1ccccc1-c1ccccc1)c1ccc(Cl)c(S(=O)(=O)N2CCCCCC2)c1. The van der Waals surface area contributed by atoms with Crippen LogP contribution in [0.3, 0.4) is 0 Å². The van der Waals surface area contributed by atoms with Gasteiger partial charge in [0.2, 0.25) is 10.0 Å². The van der Waals surface area contributed by atoms with Gasteiger partial charge in [-0.25, -0.2) is 8.42 Å². The predicted molar refractivity (Wildman–Crippen MR) is 129 cm³/mol. The number of carbonyl (C=O) groups excluding carboxylic acids is 1. The normalized spacial score (nSPS) is 15.2. The maximum absolute atomic E-state index is 13.2. The molecule has 3 aromatic carbocycles. The largest absolute Gasteiger partial charge is 0.321 e. The molecule has 1 N–H and O–H groups in total. The zero-order valence-electron chi connectivity index (χ0n) is 17.6. The third-order valence-corrected chi connectivity index (χ3v) is 8.02. The molecule has 1 amide bonds. The van der Waals surface area contributed by atoms with Gasteiger partial charge in [-0.15, -0.1) is 0 Å². The number of benzene rings is 3. The van der Waals surface area contributed by atoms with E-state index in [0.29, 0.717) is 18.8 Å². The molecule has 1 heterocycles. The maximum Gasteiger partial charge on any atom is 0.255 e. The molecule has 7 heteroatoms. The molecule has 1 aliphatic heterocycles. The average Bonchev–Trinajstić information content (AvgIpc) is 3.10. The lowest BCUT2D eigenvalue weighted by atomic mass is 10.0. The van der Waals surface area contributed by atoms with Crippen LogP contribution in [0.1, 0.15) is 36.0 Å². The van der Waals surface area contributed by atoms with E-state index in [1.54, 1.807) is 6.07 Å². The van der Waals surface area contributed by atoms with Crippen molar-refractivity contribution in [2.45, 2.75) is 30.6 Å². The third kappa shape index (κ3) is 4.88. The zero-order valence-corrected chi connectivity index (χ0v) is 19.2. The van der Waals surface area contributed by atoms with E-state index in [0.717, 1.165) is 36.8 Å². The van der Waals surface area contributed by atoms with Crippen LogP contribution in [0, 0.1) is 0 Å². The van der Waals surface area contributed by atoms with E-state index in [2.05, 4.69) is 5.32 Å². The van der Waals surface area contributed by atoms with Crippen LogP contribution in [0.5, 0.6) is 0 Å². The Kier molecular flexibility index (Phi) is 6.94. The fourth-order valence-electron chi connectivity index (χ4n) is 3.92. The van der Waals surface area contributed by atoms with Crippen molar-refractivity contribution < 1.29 is 13.2 Å². The zero-order chi connectivity index (χ0) is 22.6. The Labute approximate surface area is 194 Å². The number of anilines is 1. The predicted octanol–water partition coefficient (Wildman–Crippen LogP) is 5.82. The first-order valence-electron chi connectivity index (χ1n) is 10.7. The van der Waals surface area contributed by atoms with Crippen molar-refractivity contribution >= 4 is 33.2 Å². The molecule has 1 fully saturated rings. The van der Waals surface area contributed by atoms with Gasteiger partial charge in [-0.2, -0.15) is 4.31 Å². The lowest BCUT2D eigenvalue weighted by Crippen LogP contribution is -2.32. The monoisotopic (exact) mass is 468 g/mol. The number of para-hydroxylation sites is 1. The van der Waals surface area contributed by atoms with Crippen LogP contribution in [-0.2, 0) is 10.0 Å². The molecule has 0 spiro atoms. The molecule has 0 unspecified atom stereocenters. The summed E-state index contributed by atoms with van der Waals surface area (Å²) in [5.41, 5.74) is 2.75. The first kappa shape index (κ1) is 22.5. The van der Waals surface area contributed by atoms with Gasteiger partial charge in [0.15, 0.2) is 0 Å². The Morgan fingerprint density at radius 3 is 2.22 bits per heavy atom. The van der Waals surface area contributed by atoms with Crippen molar-refractivity contribution in [3.63, 3.8) is 0 Å². The van der Waals surface area contributed by atoms with Gasteiger partial charge < -0.3 is 5.32 Å². The fraction of sp³-hybridized carbons (Fsp3) is 0.240. The molecule has 0 aliphatic carbocycles. The van der Waals surface area contributed by atoms with Gasteiger partial charge in [-0.3, -0.25) is 4.79 Å². The number of rotatable bonds is 5. The van der Waals surface area contributed by atoms with E-state index in [1.165, 1.54) is 16.4 Å². The van der Waals surface area contributed by atoms with Gasteiger partial charge in [0.1, 0.15) is 4.90 Å². The van der Waals surface area contributed by atoms with Crippen LogP contribution in [0.25, 0.3) is 11.1 Å². The maximum atomic E-state index is 13.2. The highest BCUT2D eigenvalue weighted by molar-refractivity contribution is 7.89. The number of nitrogens with one attached hydrogen (secondary N) is 1. The van der Waals surface area contributed by atoms with Crippen LogP contribution >= 0.6 is 11.6 Å². The number of sulfonamides is 1. The standard InChI is InChI=1S/C25H25ClN2O3S/c26-22-15-14-20(18-24(22)32(30,31)28-16-8-1-2-9-17-28)25(29)27-23-13-7-6-12-21(23)19-10-4-3-5-11-19/h3-7,10-15,18H,1-2,8-9,16-17H2,(H,27,29). The molecule has 4 rings (SSSR count). The van der Waals surface area contributed by atoms with Gasteiger partial charge >= 0.3 is 0 Å². The van der Waals surface area contributed by atoms with Crippen molar-refractivity contribution in [3.05, 3.63) is 83.4 Å². The van der Waals surface area contributed by atoms with Crippen LogP contribution < -0.4 is 5.32 Å². The molecule has 1 saturated heterocycles. The summed E-state index contributed by atoms with van der Waals surface area (Å²) in [5, 5.41) is 3.04. The molecule has 0 bridgehead atoms. The number of nitrogens with zero attached hydrogens (tertiary/aromatic N) is 1. The first-order valence-corrected chi connectivity index (χ1v) is 12.5. The Hall–Kier alpha value is -2.67. The van der Waals surface area contributed by atoms with E-state index in [4.69, 9.17) is 11.6 Å². The number of hydrogen-bond acceptors (Lipinski definition) is 3. The minimum atomic E-state index is -3.77. The summed E-state index contributed by atoms with van der Waals surface area (Å²) in [5.74, 6) is -0.391. The smallest absolute Gasteiger partial charge is 0.255 e. The van der Waals surface area contributed by atoms with Gasteiger partial charge in [-0.1, -0.05) is 73.0 Å². The second-order valence-corrected chi connectivity index (χ2v) is 10.1. The molecule has 5 nitrogen and oxygen atoms in total. The van der Waals surface area contributed by atoms with Crippen molar-refractivity contribution in [1.82, 2.24) is 4.31 Å². The first-order chi connectivity index (χ1) is 15.5. The highest BCUT2D eigenvalue weighted by Crippen LogP contribution is 2.30. The third-order valence-electron chi connectivity index (χ3n) is 5.64. The Bertz CT molecular complexity index is 1200. The van der Waals surface area contributed by atoms with Crippen molar-refractivity contribution in [2.24, 2.45) is 0 Å². The fourth-order valence-corrected chi connectivity index (χ4v) is 5.94. The van der Waals surface area contributed by atoms with Crippen LogP contribution in [0.2, 0.25) is 5.02 Å². The van der Waals surface area contributed by atoms with E-state index in [-0.39, 0.29) is 15.5 Å². The van der Waals surface area contributed by atoms with Crippen LogP contribution in [0.15, 0.2) is 77.7 Å². The summed E-state index contributed by atoms with van der Waals surface area (Å²) in [6.07, 6.45) is 3.69. The quantitative estimate of drug-likeness (QED) is 0.512. The molecular formula is C25H25ClN2O3S. The van der Waals surface area contributed by atoms with Crippen molar-refractivity contribution in [2.75, 3.05) is 18.4 Å². The molecule has 3 aromatic rings. The summed E-state index contributed by atoms with van der Waals surface area (Å²) in [4.78, 5) is 13.0. The van der Waals surface area contributed by atoms with Gasteiger partial charge in [-0.05, 0) is 42.7 Å². The van der Waals surface area contributed by atoms with Crippen LogP contribution in [-0.4, -0.2) is 31.7 Å². The molecule has 0 aromatic heterocycles. The second kappa shape index (κ2) is 9.86. The lowest BCUT2D eigenvalue weighted by Gasteiger charge is -2.21. The number of carbonyl (C=O) groups is 1. The summed E-state index contributed by atoms with van der Waals surface area (Å²) >= 11 is 6.27. The molecule has 32 heavy (non-hydrogen) atoms. The van der Waals surface area contributed by atoms with Crippen molar-refractivity contribution in [3.8, 4) is 11.1 Å². The average molecular weight is 469 g/mol. The minimum Gasteiger partial charge on any atom is -0.321 e. The topological polar surface area (TPSA) is 66.5 Å². The Balaban J connectivity index is 1.63. The minimum absolute atomic E-state index is 0.0231. The van der Waals surface area contributed by atoms with Gasteiger partial charge in [0.25, 0.3) is 5.91 Å². The highest BCUT2D eigenvalue weighted by atomic mass is 35.5. The summed E-state index contributed by atoms with van der Waals surface area (Å²) < 4.78 is 28.0. The second-order valence-electron chi connectivity index (χ2n) is 7.83. The molecular weight excluding hydrogens is 444 g/mol. The number of halogens is 1. The van der Waals surface area contributed by atoms with Crippen LogP contribution in [0.4, 0.5) is 5.69 Å². The Morgan fingerprint density at radius 2 is 1.50 bits per heavy atom. The number of hydrogen-bond donors (Lipinski definition) is 1. The molecule has 166 valence electrons. The van der Waals surface area contributed by atoms with E-state index in [1.807, 2.05) is 54.6 Å². The van der Waals surface area contributed by atoms with Crippen molar-refractivity contribution in [1.29, 1.82) is 0 Å². The Morgan fingerprint density at radius 1 is 0.844 bits per heavy atom. The summed E-state index contributed by atoms with van der Waals surface area (Å²) in [6, 6.07) is 21.7. The molecule has 1 aliphatic rings. The summed E-state index contributed by atoms with van der Waals surface area (Å²) in [6.45, 7) is 0.944. The van der Waals surface area contributed by atoms with E-state index >= 15 is 0 Å². The molecule has 0 atom stereocenters. The lowest BCUT2D eigenvalue weighted by molar-refractivity contribution is 0.102. The summed E-state index contributed by atoms with van der Waals surface area (Å²) in [7, 11) is -3.77. The van der Waals surface area contributed by atoms with Gasteiger partial charge in [0.05, 0.1) is 5.02 Å². The van der Waals surface area contributed by atoms with Gasteiger partial charge in [0, 0.05) is 29.9 Å². The highest BCUT2D eigenvalue weighted by Gasteiger charge is 2.28. The number of amides is 1. The van der Waals surface area contributed by atoms with E-state index < -0.39 is 15.9 Å².